The van der Waals surface area contributed by atoms with E-state index in [-0.39, 0.29) is 22.7 Å². The Labute approximate surface area is 79.7 Å². The minimum Gasteiger partial charge on any atom is -0.507 e. The van der Waals surface area contributed by atoms with Gasteiger partial charge in [0.1, 0.15) is 11.5 Å². The van der Waals surface area contributed by atoms with Gasteiger partial charge in [0.2, 0.25) is 0 Å². The SMILES string of the molecule is Nc1cc(O)c(/C=C/C(=O)O)c(O)c1. The van der Waals surface area contributed by atoms with Gasteiger partial charge in [-0.05, 0) is 6.08 Å². The van der Waals surface area contributed by atoms with Crippen LogP contribution in [0, 0.1) is 0 Å². The molecule has 0 aromatic heterocycles. The second-order valence-electron chi connectivity index (χ2n) is 2.64. The molecule has 1 aromatic rings. The number of nitrogen functional groups attached to an aromatic ring is 1. The number of aromatic hydroxyl groups is 2. The summed E-state index contributed by atoms with van der Waals surface area (Å²) in [5.41, 5.74) is 5.55. The van der Waals surface area contributed by atoms with Gasteiger partial charge in [-0.1, -0.05) is 0 Å². The average Bonchev–Trinajstić information content (AvgIpc) is 2.01. The zero-order valence-electron chi connectivity index (χ0n) is 7.14. The molecule has 0 aliphatic rings. The number of aliphatic carboxylic acids is 1. The number of anilines is 1. The second-order valence-corrected chi connectivity index (χ2v) is 2.64. The zero-order chi connectivity index (χ0) is 10.7. The van der Waals surface area contributed by atoms with Crippen LogP contribution in [0.3, 0.4) is 0 Å². The van der Waals surface area contributed by atoms with Crippen LogP contribution < -0.4 is 5.73 Å². The fraction of sp³-hybridized carbons (Fsp3) is 0. The molecule has 0 spiro atoms. The molecule has 0 atom stereocenters. The van der Waals surface area contributed by atoms with Gasteiger partial charge in [-0.15, -0.1) is 0 Å². The molecule has 0 aliphatic carbocycles. The number of hydrogen-bond acceptors (Lipinski definition) is 4. The third-order valence-corrected chi connectivity index (χ3v) is 1.55. The van der Waals surface area contributed by atoms with Gasteiger partial charge < -0.3 is 21.1 Å². The Hall–Kier alpha value is -2.17. The molecule has 0 heterocycles. The molecule has 0 radical (unpaired) electrons. The molecule has 0 aliphatic heterocycles. The standard InChI is InChI=1S/C9H9NO4/c10-5-3-7(11)6(8(12)4-5)1-2-9(13)14/h1-4,11-12H,10H2,(H,13,14)/b2-1+. The lowest BCUT2D eigenvalue weighted by molar-refractivity contribution is -0.131. The molecule has 0 amide bonds. The lowest BCUT2D eigenvalue weighted by Gasteiger charge is -2.03. The first-order chi connectivity index (χ1) is 6.50. The Balaban J connectivity index is 3.15. The van der Waals surface area contributed by atoms with E-state index >= 15 is 0 Å². The van der Waals surface area contributed by atoms with Crippen LogP contribution in [0.15, 0.2) is 18.2 Å². The predicted molar refractivity (Wildman–Crippen MR) is 50.9 cm³/mol. The van der Waals surface area contributed by atoms with Gasteiger partial charge in [-0.2, -0.15) is 0 Å². The summed E-state index contributed by atoms with van der Waals surface area (Å²) in [6.45, 7) is 0. The highest BCUT2D eigenvalue weighted by molar-refractivity contribution is 5.87. The quantitative estimate of drug-likeness (QED) is 0.412. The third-order valence-electron chi connectivity index (χ3n) is 1.55. The Kier molecular flexibility index (Phi) is 2.62. The van der Waals surface area contributed by atoms with Crippen LogP contribution in [-0.2, 0) is 4.79 Å². The van der Waals surface area contributed by atoms with E-state index in [1.54, 1.807) is 0 Å². The van der Waals surface area contributed by atoms with E-state index in [9.17, 15) is 15.0 Å². The Bertz CT molecular complexity index is 375. The molecule has 1 rings (SSSR count). The number of carbonyl (C=O) groups is 1. The molecule has 1 aromatic carbocycles. The number of phenols is 2. The number of nitrogens with two attached hydrogens (primary N) is 1. The van der Waals surface area contributed by atoms with Crippen molar-refractivity contribution in [3.63, 3.8) is 0 Å². The molecular formula is C9H9NO4. The van der Waals surface area contributed by atoms with Crippen molar-refractivity contribution >= 4 is 17.7 Å². The summed E-state index contributed by atoms with van der Waals surface area (Å²) in [5, 5.41) is 26.9. The monoisotopic (exact) mass is 195 g/mol. The van der Waals surface area contributed by atoms with E-state index in [2.05, 4.69) is 0 Å². The zero-order valence-corrected chi connectivity index (χ0v) is 7.14. The normalized spacial score (nSPS) is 10.6. The summed E-state index contributed by atoms with van der Waals surface area (Å²) in [6.07, 6.45) is 1.90. The van der Waals surface area contributed by atoms with Crippen LogP contribution in [-0.4, -0.2) is 21.3 Å². The van der Waals surface area contributed by atoms with E-state index in [4.69, 9.17) is 10.8 Å². The topological polar surface area (TPSA) is 104 Å². The van der Waals surface area contributed by atoms with Crippen LogP contribution in [0.4, 0.5) is 5.69 Å². The summed E-state index contributed by atoms with van der Waals surface area (Å²) in [4.78, 5) is 10.2. The van der Waals surface area contributed by atoms with E-state index in [0.29, 0.717) is 0 Å². The Morgan fingerprint density at radius 1 is 1.29 bits per heavy atom. The summed E-state index contributed by atoms with van der Waals surface area (Å²) in [5.74, 6) is -1.69. The lowest BCUT2D eigenvalue weighted by Crippen LogP contribution is -1.88. The third kappa shape index (κ3) is 2.16. The maximum Gasteiger partial charge on any atom is 0.328 e. The van der Waals surface area contributed by atoms with Crippen molar-refractivity contribution in [3.8, 4) is 11.5 Å². The van der Waals surface area contributed by atoms with Crippen molar-refractivity contribution in [3.05, 3.63) is 23.8 Å². The summed E-state index contributed by atoms with van der Waals surface area (Å²) >= 11 is 0. The van der Waals surface area contributed by atoms with Gasteiger partial charge >= 0.3 is 5.97 Å². The van der Waals surface area contributed by atoms with Crippen molar-refractivity contribution < 1.29 is 20.1 Å². The smallest absolute Gasteiger partial charge is 0.328 e. The Morgan fingerprint density at radius 3 is 2.21 bits per heavy atom. The largest absolute Gasteiger partial charge is 0.507 e. The van der Waals surface area contributed by atoms with Crippen LogP contribution in [0.1, 0.15) is 5.56 Å². The highest BCUT2D eigenvalue weighted by Crippen LogP contribution is 2.30. The second kappa shape index (κ2) is 3.69. The molecule has 5 nitrogen and oxygen atoms in total. The van der Waals surface area contributed by atoms with Crippen molar-refractivity contribution in [2.24, 2.45) is 0 Å². The van der Waals surface area contributed by atoms with Crippen LogP contribution in [0.2, 0.25) is 0 Å². The van der Waals surface area contributed by atoms with Crippen LogP contribution in [0.25, 0.3) is 6.08 Å². The first-order valence-electron chi connectivity index (χ1n) is 3.73. The summed E-state index contributed by atoms with van der Waals surface area (Å²) in [6, 6.07) is 2.45. The summed E-state index contributed by atoms with van der Waals surface area (Å²) < 4.78 is 0. The minimum absolute atomic E-state index is 0.0293. The molecule has 74 valence electrons. The first kappa shape index (κ1) is 9.91. The van der Waals surface area contributed by atoms with Crippen molar-refractivity contribution in [1.82, 2.24) is 0 Å². The van der Waals surface area contributed by atoms with E-state index in [1.165, 1.54) is 12.1 Å². The van der Waals surface area contributed by atoms with Gasteiger partial charge in [-0.25, -0.2) is 4.79 Å². The number of carboxylic acids is 1. The van der Waals surface area contributed by atoms with Crippen molar-refractivity contribution in [1.29, 1.82) is 0 Å². The fourth-order valence-electron chi connectivity index (χ4n) is 0.970. The number of phenolic OH excluding ortho intramolecular Hbond substituents is 2. The molecule has 0 bridgehead atoms. The maximum atomic E-state index is 10.2. The van der Waals surface area contributed by atoms with Crippen molar-refractivity contribution in [2.45, 2.75) is 0 Å². The van der Waals surface area contributed by atoms with Crippen LogP contribution in [0.5, 0.6) is 11.5 Å². The number of benzene rings is 1. The molecule has 5 heteroatoms. The predicted octanol–water partition coefficient (Wildman–Crippen LogP) is 0.778. The molecule has 0 fully saturated rings. The molecular weight excluding hydrogens is 186 g/mol. The van der Waals surface area contributed by atoms with Gasteiger partial charge in [-0.3, -0.25) is 0 Å². The first-order valence-corrected chi connectivity index (χ1v) is 3.73. The number of hydrogen-bond donors (Lipinski definition) is 4. The fourth-order valence-corrected chi connectivity index (χ4v) is 0.970. The highest BCUT2D eigenvalue weighted by atomic mass is 16.4. The number of carboxylic acid groups (broad SMARTS) is 1. The van der Waals surface area contributed by atoms with Crippen LogP contribution >= 0.6 is 0 Å². The van der Waals surface area contributed by atoms with Crippen molar-refractivity contribution in [2.75, 3.05) is 5.73 Å². The van der Waals surface area contributed by atoms with E-state index in [1.807, 2.05) is 0 Å². The van der Waals surface area contributed by atoms with E-state index in [0.717, 1.165) is 12.2 Å². The highest BCUT2D eigenvalue weighted by Gasteiger charge is 2.05. The van der Waals surface area contributed by atoms with Gasteiger partial charge in [0.15, 0.2) is 0 Å². The minimum atomic E-state index is -1.17. The van der Waals surface area contributed by atoms with Gasteiger partial charge in [0.25, 0.3) is 0 Å². The molecule has 0 unspecified atom stereocenters. The molecule has 5 N–H and O–H groups in total. The van der Waals surface area contributed by atoms with Gasteiger partial charge in [0, 0.05) is 23.9 Å². The Morgan fingerprint density at radius 2 is 1.79 bits per heavy atom. The molecule has 0 saturated heterocycles. The average molecular weight is 195 g/mol. The molecule has 0 saturated carbocycles. The number of rotatable bonds is 2. The van der Waals surface area contributed by atoms with E-state index < -0.39 is 5.97 Å². The van der Waals surface area contributed by atoms with Gasteiger partial charge in [0.05, 0.1) is 5.56 Å². The maximum absolute atomic E-state index is 10.2. The lowest BCUT2D eigenvalue weighted by atomic mass is 10.1. The molecule has 14 heavy (non-hydrogen) atoms. The summed E-state index contributed by atoms with van der Waals surface area (Å²) in [7, 11) is 0.